The van der Waals surface area contributed by atoms with Crippen molar-refractivity contribution >= 4 is 29.8 Å². The number of nitrogens with one attached hydrogen (secondary N) is 3. The van der Waals surface area contributed by atoms with Gasteiger partial charge in [0.25, 0.3) is 5.91 Å². The summed E-state index contributed by atoms with van der Waals surface area (Å²) in [5.74, 6) is 1.09. The second kappa shape index (κ2) is 6.87. The molecule has 1 aromatic carbocycles. The largest absolute Gasteiger partial charge is 0.348 e. The van der Waals surface area contributed by atoms with Gasteiger partial charge in [-0.05, 0) is 30.7 Å². The van der Waals surface area contributed by atoms with Crippen LogP contribution in [-0.2, 0) is 6.54 Å². The number of amides is 1. The molecule has 4 rings (SSSR count). The van der Waals surface area contributed by atoms with E-state index in [0.717, 1.165) is 16.8 Å². The average Bonchev–Trinajstić information content (AvgIpc) is 3.27. The predicted octanol–water partition coefficient (Wildman–Crippen LogP) is 3.42. The summed E-state index contributed by atoms with van der Waals surface area (Å²) in [6, 6.07) is 9.43. The van der Waals surface area contributed by atoms with Gasteiger partial charge in [0.15, 0.2) is 5.82 Å². The molecule has 7 nitrogen and oxygen atoms in total. The quantitative estimate of drug-likeness (QED) is 0.609. The van der Waals surface area contributed by atoms with Gasteiger partial charge in [0, 0.05) is 24.5 Å². The molecule has 2 aromatic heterocycles. The number of carbonyl (C=O) groups excluding carboxylic acids is 1. The van der Waals surface area contributed by atoms with E-state index in [1.165, 1.54) is 6.21 Å². The van der Waals surface area contributed by atoms with Crippen LogP contribution in [0.25, 0.3) is 17.5 Å². The van der Waals surface area contributed by atoms with Crippen LogP contribution in [0.15, 0.2) is 48.8 Å². The molecular formula is C20H18N6O. The van der Waals surface area contributed by atoms with E-state index in [1.807, 2.05) is 54.1 Å². The Balaban J connectivity index is 1.85. The number of imidazole rings is 1. The first kappa shape index (κ1) is 16.7. The van der Waals surface area contributed by atoms with Gasteiger partial charge >= 0.3 is 0 Å². The van der Waals surface area contributed by atoms with E-state index < -0.39 is 0 Å². The number of carbonyl (C=O) groups is 1. The zero-order valence-corrected chi connectivity index (χ0v) is 14.7. The van der Waals surface area contributed by atoms with E-state index in [-0.39, 0.29) is 5.91 Å². The number of fused-ring (bicyclic) bond motifs is 1. The van der Waals surface area contributed by atoms with Gasteiger partial charge in [0.05, 0.1) is 29.4 Å². The predicted molar refractivity (Wildman–Crippen MR) is 105 cm³/mol. The minimum atomic E-state index is -0.116. The molecule has 0 spiro atoms. The highest BCUT2D eigenvalue weighted by atomic mass is 16.1. The van der Waals surface area contributed by atoms with Gasteiger partial charge in [-0.2, -0.15) is 0 Å². The maximum Gasteiger partial charge on any atom is 0.254 e. The first-order valence-electron chi connectivity index (χ1n) is 8.56. The van der Waals surface area contributed by atoms with E-state index in [0.29, 0.717) is 29.4 Å². The molecule has 0 aliphatic carbocycles. The Morgan fingerprint density at radius 1 is 1.26 bits per heavy atom. The van der Waals surface area contributed by atoms with Crippen molar-refractivity contribution in [3.63, 3.8) is 0 Å². The molecule has 1 amide bonds. The van der Waals surface area contributed by atoms with Crippen molar-refractivity contribution in [2.75, 3.05) is 5.32 Å². The van der Waals surface area contributed by atoms with Gasteiger partial charge in [-0.25, -0.2) is 9.97 Å². The lowest BCUT2D eigenvalue weighted by molar-refractivity contribution is 0.0966. The Bertz CT molecular complexity index is 1050. The van der Waals surface area contributed by atoms with Gasteiger partial charge in [-0.1, -0.05) is 18.2 Å². The monoisotopic (exact) mass is 358 g/mol. The number of hydrogen-bond donors (Lipinski definition) is 3. The van der Waals surface area contributed by atoms with Crippen LogP contribution in [0, 0.1) is 5.41 Å². The van der Waals surface area contributed by atoms with Crippen molar-refractivity contribution in [3.8, 4) is 11.3 Å². The number of pyridine rings is 1. The second-order valence-electron chi connectivity index (χ2n) is 6.04. The Labute approximate surface area is 156 Å². The summed E-state index contributed by atoms with van der Waals surface area (Å²) in [4.78, 5) is 21.1. The van der Waals surface area contributed by atoms with Crippen LogP contribution in [0.2, 0.25) is 0 Å². The van der Waals surface area contributed by atoms with Crippen LogP contribution >= 0.6 is 0 Å². The highest BCUT2D eigenvalue weighted by Gasteiger charge is 2.27. The van der Waals surface area contributed by atoms with Crippen molar-refractivity contribution in [2.45, 2.75) is 13.5 Å². The summed E-state index contributed by atoms with van der Waals surface area (Å²) in [7, 11) is 0. The SMILES string of the molecule is C/C=C\n1c(-c2ccc(Nc3ccccn3)c3c2CNC3=O)cnc1C=N. The Morgan fingerprint density at radius 3 is 2.89 bits per heavy atom. The first-order chi connectivity index (χ1) is 13.2. The lowest BCUT2D eigenvalue weighted by Gasteiger charge is -2.13. The van der Waals surface area contributed by atoms with Crippen molar-refractivity contribution in [1.29, 1.82) is 5.41 Å². The summed E-state index contributed by atoms with van der Waals surface area (Å²) in [6.07, 6.45) is 8.39. The number of hydrogen-bond acceptors (Lipinski definition) is 5. The average molecular weight is 358 g/mol. The molecule has 3 N–H and O–H groups in total. The van der Waals surface area contributed by atoms with E-state index in [2.05, 4.69) is 20.6 Å². The summed E-state index contributed by atoms with van der Waals surface area (Å²) in [5.41, 5.74) is 3.98. The highest BCUT2D eigenvalue weighted by Crippen LogP contribution is 2.35. The van der Waals surface area contributed by atoms with Gasteiger partial charge in [-0.15, -0.1) is 0 Å². The molecule has 0 saturated heterocycles. The van der Waals surface area contributed by atoms with Gasteiger partial charge in [0.1, 0.15) is 5.82 Å². The molecule has 0 saturated carbocycles. The number of benzene rings is 1. The van der Waals surface area contributed by atoms with Crippen molar-refractivity contribution in [2.24, 2.45) is 0 Å². The van der Waals surface area contributed by atoms with Crippen LogP contribution in [0.5, 0.6) is 0 Å². The summed E-state index contributed by atoms with van der Waals surface area (Å²) >= 11 is 0. The molecule has 7 heteroatoms. The molecule has 1 aliphatic heterocycles. The molecule has 134 valence electrons. The molecule has 0 unspecified atom stereocenters. The Kier molecular flexibility index (Phi) is 4.25. The smallest absolute Gasteiger partial charge is 0.254 e. The Morgan fingerprint density at radius 2 is 2.15 bits per heavy atom. The summed E-state index contributed by atoms with van der Waals surface area (Å²) in [5, 5.41) is 13.7. The normalized spacial score (nSPS) is 12.9. The molecule has 0 radical (unpaired) electrons. The fourth-order valence-electron chi connectivity index (χ4n) is 3.25. The van der Waals surface area contributed by atoms with Crippen molar-refractivity contribution < 1.29 is 4.79 Å². The minimum absolute atomic E-state index is 0.116. The fourth-order valence-corrected chi connectivity index (χ4v) is 3.25. The van der Waals surface area contributed by atoms with E-state index >= 15 is 0 Å². The van der Waals surface area contributed by atoms with E-state index in [9.17, 15) is 4.79 Å². The van der Waals surface area contributed by atoms with Crippen LogP contribution in [-0.4, -0.2) is 26.7 Å². The Hall–Kier alpha value is -3.74. The fraction of sp³-hybridized carbons (Fsp3) is 0.100. The lowest BCUT2D eigenvalue weighted by Crippen LogP contribution is -2.13. The molecule has 3 heterocycles. The molecule has 0 fully saturated rings. The topological polar surface area (TPSA) is 95.7 Å². The number of allylic oxidation sites excluding steroid dienone is 1. The summed E-state index contributed by atoms with van der Waals surface area (Å²) in [6.45, 7) is 2.36. The van der Waals surface area contributed by atoms with Crippen LogP contribution < -0.4 is 10.6 Å². The van der Waals surface area contributed by atoms with E-state index in [1.54, 1.807) is 12.4 Å². The third-order valence-electron chi connectivity index (χ3n) is 4.42. The van der Waals surface area contributed by atoms with Gasteiger partial charge in [-0.3, -0.25) is 9.36 Å². The third-order valence-corrected chi connectivity index (χ3v) is 4.42. The van der Waals surface area contributed by atoms with Crippen LogP contribution in [0.1, 0.15) is 28.7 Å². The number of anilines is 2. The zero-order valence-electron chi connectivity index (χ0n) is 14.7. The molecule has 3 aromatic rings. The zero-order chi connectivity index (χ0) is 18.8. The molecular weight excluding hydrogens is 340 g/mol. The van der Waals surface area contributed by atoms with Crippen LogP contribution in [0.4, 0.5) is 11.5 Å². The lowest BCUT2D eigenvalue weighted by atomic mass is 9.99. The summed E-state index contributed by atoms with van der Waals surface area (Å²) < 4.78 is 1.84. The van der Waals surface area contributed by atoms with Gasteiger partial charge in [0.2, 0.25) is 0 Å². The standard InChI is InChI=1S/C20H18N6O/c1-2-9-26-16(12-23-18(26)10-21)13-6-7-15(19-14(13)11-24-20(19)27)25-17-5-3-4-8-22-17/h2-10,12,21H,11H2,1H3,(H,22,25)(H,24,27)/b9-2-,21-10?. The molecule has 0 bridgehead atoms. The number of aromatic nitrogens is 3. The van der Waals surface area contributed by atoms with Crippen molar-refractivity contribution in [1.82, 2.24) is 19.9 Å². The third kappa shape index (κ3) is 2.89. The highest BCUT2D eigenvalue weighted by molar-refractivity contribution is 6.06. The molecule has 27 heavy (non-hydrogen) atoms. The minimum Gasteiger partial charge on any atom is -0.348 e. The maximum absolute atomic E-state index is 12.5. The van der Waals surface area contributed by atoms with E-state index in [4.69, 9.17) is 5.41 Å². The second-order valence-corrected chi connectivity index (χ2v) is 6.04. The molecule has 1 aliphatic rings. The van der Waals surface area contributed by atoms with Crippen molar-refractivity contribution in [3.05, 3.63) is 65.8 Å². The molecule has 0 atom stereocenters. The maximum atomic E-state index is 12.5. The van der Waals surface area contributed by atoms with Gasteiger partial charge < -0.3 is 16.0 Å². The number of nitrogens with zero attached hydrogens (tertiary/aromatic N) is 3. The first-order valence-corrected chi connectivity index (χ1v) is 8.56. The number of rotatable bonds is 5. The van der Waals surface area contributed by atoms with Crippen LogP contribution in [0.3, 0.4) is 0 Å².